The van der Waals surface area contributed by atoms with E-state index in [1.165, 1.54) is 15.0 Å². The van der Waals surface area contributed by atoms with E-state index in [0.717, 1.165) is 36.1 Å². The summed E-state index contributed by atoms with van der Waals surface area (Å²) in [5.41, 5.74) is 2.34. The van der Waals surface area contributed by atoms with Crippen LogP contribution in [0.3, 0.4) is 0 Å². The van der Waals surface area contributed by atoms with Crippen LogP contribution in [0.5, 0.6) is 5.88 Å². The molecule has 1 aromatic carbocycles. The number of hydrogen-bond donors (Lipinski definition) is 4. The van der Waals surface area contributed by atoms with Crippen molar-refractivity contribution < 1.29 is 10.0 Å². The molecule has 2 atom stereocenters. The molecule has 4 rings (SSSR count). The molecule has 0 radical (unpaired) electrons. The lowest BCUT2D eigenvalue weighted by molar-refractivity contribution is -0.926. The largest absolute Gasteiger partial charge is 0.494 e. The highest BCUT2D eigenvalue weighted by Crippen LogP contribution is 2.32. The van der Waals surface area contributed by atoms with Gasteiger partial charge in [0.1, 0.15) is 5.56 Å². The van der Waals surface area contributed by atoms with Crippen molar-refractivity contribution in [2.24, 2.45) is 0 Å². The maximum atomic E-state index is 12.7. The molecule has 1 unspecified atom stereocenters. The summed E-state index contributed by atoms with van der Waals surface area (Å²) in [4.78, 5) is 31.7. The summed E-state index contributed by atoms with van der Waals surface area (Å²) in [6, 6.07) is 7.75. The number of para-hydroxylation sites is 1. The number of rotatable bonds is 3. The number of quaternary nitrogens is 1. The molecular formula is C19H23N4O3+. The molecule has 136 valence electrons. The molecule has 2 aromatic heterocycles. The number of aromatic hydroxyl groups is 1. The Kier molecular flexibility index (Phi) is 3.96. The second kappa shape index (κ2) is 6.17. The predicted molar refractivity (Wildman–Crippen MR) is 98.9 cm³/mol. The van der Waals surface area contributed by atoms with E-state index in [4.69, 9.17) is 0 Å². The number of benzene rings is 1. The van der Waals surface area contributed by atoms with Crippen LogP contribution in [0.25, 0.3) is 10.9 Å². The molecule has 0 aliphatic carbocycles. The molecule has 1 aliphatic heterocycles. The Balaban J connectivity index is 2.02. The maximum Gasteiger partial charge on any atom is 0.331 e. The van der Waals surface area contributed by atoms with Gasteiger partial charge in [0.05, 0.1) is 18.8 Å². The third kappa shape index (κ3) is 2.31. The normalized spacial score (nSPS) is 19.6. The zero-order chi connectivity index (χ0) is 18.4. The molecule has 0 spiro atoms. The smallest absolute Gasteiger partial charge is 0.331 e. The first-order chi connectivity index (χ1) is 12.6. The molecule has 0 saturated carbocycles. The molecule has 1 aliphatic rings. The monoisotopic (exact) mass is 355 g/mol. The summed E-state index contributed by atoms with van der Waals surface area (Å²) in [5.74, 6) is -0.233. The fourth-order valence-electron chi connectivity index (χ4n) is 4.23. The highest BCUT2D eigenvalue weighted by molar-refractivity contribution is 5.85. The lowest BCUT2D eigenvalue weighted by Gasteiger charge is -2.32. The van der Waals surface area contributed by atoms with Gasteiger partial charge in [0, 0.05) is 23.9 Å². The molecule has 3 aromatic rings. The Morgan fingerprint density at radius 3 is 2.73 bits per heavy atom. The minimum atomic E-state index is -0.579. The third-order valence-corrected chi connectivity index (χ3v) is 5.51. The standard InChI is InChI=1S/C19H22N4O3/c1-3-22-10-9-12-11-7-5-6-8-13(11)20-15(12)16(22)14-17(24)21-19(26)23(4-2)18(14)25/h5-8,16,20,25H,3-4,9-10H2,1-2H3,(H,21,24,26)/p+1/t16-/m0/s1. The second-order valence-corrected chi connectivity index (χ2v) is 6.75. The van der Waals surface area contributed by atoms with E-state index in [0.29, 0.717) is 6.54 Å². The van der Waals surface area contributed by atoms with E-state index in [9.17, 15) is 14.7 Å². The van der Waals surface area contributed by atoms with Gasteiger partial charge >= 0.3 is 5.69 Å². The molecular weight excluding hydrogens is 332 g/mol. The number of aromatic nitrogens is 3. The van der Waals surface area contributed by atoms with Crippen molar-refractivity contribution in [3.8, 4) is 5.88 Å². The minimum absolute atomic E-state index is 0.233. The van der Waals surface area contributed by atoms with E-state index in [2.05, 4.69) is 23.0 Å². The van der Waals surface area contributed by atoms with E-state index in [1.807, 2.05) is 18.2 Å². The Bertz CT molecular complexity index is 1090. The highest BCUT2D eigenvalue weighted by Gasteiger charge is 2.38. The fraction of sp³-hybridized carbons (Fsp3) is 0.368. The lowest BCUT2D eigenvalue weighted by atomic mass is 9.93. The summed E-state index contributed by atoms with van der Waals surface area (Å²) in [6.07, 6.45) is 0.908. The van der Waals surface area contributed by atoms with Crippen molar-refractivity contribution in [1.29, 1.82) is 0 Å². The van der Waals surface area contributed by atoms with Crippen LogP contribution in [-0.4, -0.2) is 32.7 Å². The Morgan fingerprint density at radius 2 is 2.00 bits per heavy atom. The van der Waals surface area contributed by atoms with Crippen LogP contribution in [0.1, 0.15) is 36.7 Å². The molecule has 7 nitrogen and oxygen atoms in total. The predicted octanol–water partition coefficient (Wildman–Crippen LogP) is 0.294. The van der Waals surface area contributed by atoms with Crippen molar-refractivity contribution in [1.82, 2.24) is 14.5 Å². The first kappa shape index (κ1) is 16.7. The van der Waals surface area contributed by atoms with Crippen molar-refractivity contribution in [3.05, 3.63) is 61.9 Å². The third-order valence-electron chi connectivity index (χ3n) is 5.51. The summed E-state index contributed by atoms with van der Waals surface area (Å²) >= 11 is 0. The topological polar surface area (TPSA) is 95.3 Å². The SMILES string of the molecule is CCn1c(O)c([C@H]2c3[nH]c4ccccc4c3CC[NH+]2CC)c(=O)[nH]c1=O. The van der Waals surface area contributed by atoms with Gasteiger partial charge in [-0.05, 0) is 25.5 Å². The maximum absolute atomic E-state index is 12.7. The van der Waals surface area contributed by atoms with Crippen molar-refractivity contribution in [3.63, 3.8) is 0 Å². The Labute approximate surface area is 149 Å². The van der Waals surface area contributed by atoms with Crippen LogP contribution in [0, 0.1) is 0 Å². The number of hydrogen-bond acceptors (Lipinski definition) is 3. The summed E-state index contributed by atoms with van der Waals surface area (Å²) < 4.78 is 1.21. The molecule has 3 heterocycles. The van der Waals surface area contributed by atoms with Gasteiger partial charge in [-0.15, -0.1) is 0 Å². The number of likely N-dealkylation sites (N-methyl/N-ethyl adjacent to an activating group) is 1. The second-order valence-electron chi connectivity index (χ2n) is 6.75. The summed E-state index contributed by atoms with van der Waals surface area (Å²) in [6.45, 7) is 5.80. The van der Waals surface area contributed by atoms with E-state index in [1.54, 1.807) is 6.92 Å². The highest BCUT2D eigenvalue weighted by atomic mass is 16.3. The number of H-pyrrole nitrogens is 2. The van der Waals surface area contributed by atoms with Gasteiger partial charge < -0.3 is 15.0 Å². The zero-order valence-corrected chi connectivity index (χ0v) is 14.9. The van der Waals surface area contributed by atoms with E-state index >= 15 is 0 Å². The van der Waals surface area contributed by atoms with Crippen LogP contribution in [0.4, 0.5) is 0 Å². The number of nitrogens with zero attached hydrogens (tertiary/aromatic N) is 1. The quantitative estimate of drug-likeness (QED) is 0.544. The van der Waals surface area contributed by atoms with Crippen molar-refractivity contribution in [2.75, 3.05) is 13.1 Å². The average molecular weight is 355 g/mol. The van der Waals surface area contributed by atoms with Gasteiger partial charge in [-0.25, -0.2) is 4.79 Å². The summed E-state index contributed by atoms with van der Waals surface area (Å²) in [5, 5.41) is 11.9. The van der Waals surface area contributed by atoms with Crippen LogP contribution in [0.15, 0.2) is 33.9 Å². The summed E-state index contributed by atoms with van der Waals surface area (Å²) in [7, 11) is 0. The first-order valence-electron chi connectivity index (χ1n) is 9.06. The molecule has 0 amide bonds. The molecule has 0 fully saturated rings. The molecule has 26 heavy (non-hydrogen) atoms. The Hall–Kier alpha value is -2.80. The van der Waals surface area contributed by atoms with Gasteiger partial charge in [-0.3, -0.25) is 14.3 Å². The van der Waals surface area contributed by atoms with Gasteiger partial charge in [0.2, 0.25) is 5.88 Å². The van der Waals surface area contributed by atoms with Crippen LogP contribution in [0.2, 0.25) is 0 Å². The average Bonchev–Trinajstić information content (AvgIpc) is 3.00. The Morgan fingerprint density at radius 1 is 1.23 bits per heavy atom. The molecule has 0 bridgehead atoms. The van der Waals surface area contributed by atoms with Gasteiger partial charge in [-0.1, -0.05) is 18.2 Å². The number of nitrogens with one attached hydrogen (secondary N) is 3. The van der Waals surface area contributed by atoms with E-state index < -0.39 is 11.2 Å². The van der Waals surface area contributed by atoms with E-state index in [-0.39, 0.29) is 17.5 Å². The number of fused-ring (bicyclic) bond motifs is 3. The van der Waals surface area contributed by atoms with Gasteiger partial charge in [0.25, 0.3) is 5.56 Å². The van der Waals surface area contributed by atoms with Gasteiger partial charge in [-0.2, -0.15) is 0 Å². The fourth-order valence-corrected chi connectivity index (χ4v) is 4.23. The zero-order valence-electron chi connectivity index (χ0n) is 14.9. The lowest BCUT2D eigenvalue weighted by Crippen LogP contribution is -3.13. The van der Waals surface area contributed by atoms with Crippen LogP contribution >= 0.6 is 0 Å². The van der Waals surface area contributed by atoms with Crippen LogP contribution < -0.4 is 16.1 Å². The minimum Gasteiger partial charge on any atom is -0.494 e. The molecule has 7 heteroatoms. The van der Waals surface area contributed by atoms with Crippen molar-refractivity contribution >= 4 is 10.9 Å². The molecule has 0 saturated heterocycles. The van der Waals surface area contributed by atoms with Crippen LogP contribution in [-0.2, 0) is 13.0 Å². The molecule has 4 N–H and O–H groups in total. The van der Waals surface area contributed by atoms with Crippen molar-refractivity contribution in [2.45, 2.75) is 32.9 Å². The van der Waals surface area contributed by atoms with Gasteiger partial charge in [0.15, 0.2) is 6.04 Å². The number of aromatic amines is 2. The first-order valence-corrected chi connectivity index (χ1v) is 9.06.